The van der Waals surface area contributed by atoms with Crippen LogP contribution in [0.4, 0.5) is 11.6 Å². The van der Waals surface area contributed by atoms with Crippen molar-refractivity contribution in [2.24, 2.45) is 10.9 Å². The highest BCUT2D eigenvalue weighted by Gasteiger charge is 2.28. The number of anilines is 2. The predicted octanol–water partition coefficient (Wildman–Crippen LogP) is 4.45. The van der Waals surface area contributed by atoms with E-state index in [0.717, 1.165) is 73.8 Å². The van der Waals surface area contributed by atoms with Crippen LogP contribution in [0, 0.1) is 12.8 Å². The fraction of sp³-hybridized carbons (Fsp3) is 0.444. The molecule has 1 aromatic carbocycles. The number of benzene rings is 1. The van der Waals surface area contributed by atoms with E-state index in [1.54, 1.807) is 0 Å². The van der Waals surface area contributed by atoms with Crippen molar-refractivity contribution in [2.75, 3.05) is 50.0 Å². The van der Waals surface area contributed by atoms with E-state index in [2.05, 4.69) is 59.2 Å². The number of likely N-dealkylation sites (N-methyl/N-ethyl adjacent to an activating group) is 1. The van der Waals surface area contributed by atoms with Gasteiger partial charge in [0.05, 0.1) is 6.54 Å². The molecule has 6 rings (SSSR count). The molecule has 7 nitrogen and oxygen atoms in total. The van der Waals surface area contributed by atoms with Crippen LogP contribution in [-0.4, -0.2) is 60.5 Å². The van der Waals surface area contributed by atoms with Gasteiger partial charge in [-0.05, 0) is 80.5 Å². The van der Waals surface area contributed by atoms with Crippen LogP contribution in [0.25, 0.3) is 6.08 Å². The Hall–Kier alpha value is -3.19. The molecule has 1 N–H and O–H groups in total. The Bertz CT molecular complexity index is 1220. The predicted molar refractivity (Wildman–Crippen MR) is 137 cm³/mol. The summed E-state index contributed by atoms with van der Waals surface area (Å²) < 4.78 is 6.31. The van der Waals surface area contributed by atoms with E-state index in [9.17, 15) is 0 Å². The summed E-state index contributed by atoms with van der Waals surface area (Å²) in [7, 11) is 2.16. The molecule has 0 radical (unpaired) electrons. The van der Waals surface area contributed by atoms with Crippen LogP contribution in [0.1, 0.15) is 36.5 Å². The van der Waals surface area contributed by atoms with Crippen molar-refractivity contribution in [1.29, 1.82) is 0 Å². The van der Waals surface area contributed by atoms with E-state index in [-0.39, 0.29) is 0 Å². The van der Waals surface area contributed by atoms with Crippen LogP contribution < -0.4 is 15.0 Å². The standard InChI is InChI=1S/C27H32N6O/c1-17-12-20-6-7-23(18(2)22(20)13-17)34-27-30-25(29-24-14-21(16-28-24)19-4-5-19)15-26(31-27)33-10-8-32(3)9-11-33/h6-7,13-15,19H,4-5,8-12,16H2,1-3H3,(H,28,29,30,31). The van der Waals surface area contributed by atoms with Crippen molar-refractivity contribution in [3.63, 3.8) is 0 Å². The average molecular weight is 457 g/mol. The number of amidine groups is 1. The van der Waals surface area contributed by atoms with E-state index in [0.29, 0.717) is 6.01 Å². The number of hydrogen-bond acceptors (Lipinski definition) is 7. The first-order valence-electron chi connectivity index (χ1n) is 12.3. The van der Waals surface area contributed by atoms with Crippen molar-refractivity contribution in [1.82, 2.24) is 14.9 Å². The normalized spacial score (nSPS) is 20.1. The number of aliphatic imine (C=N–C) groups is 1. The van der Waals surface area contributed by atoms with Gasteiger partial charge in [-0.2, -0.15) is 9.97 Å². The van der Waals surface area contributed by atoms with Gasteiger partial charge in [0, 0.05) is 32.2 Å². The molecule has 1 saturated carbocycles. The first kappa shape index (κ1) is 21.4. The Morgan fingerprint density at radius 3 is 2.65 bits per heavy atom. The van der Waals surface area contributed by atoms with Gasteiger partial charge in [-0.25, -0.2) is 0 Å². The molecule has 4 aliphatic rings. The summed E-state index contributed by atoms with van der Waals surface area (Å²) in [6.07, 6.45) is 8.05. The second-order valence-electron chi connectivity index (χ2n) is 10.0. The fourth-order valence-corrected chi connectivity index (χ4v) is 5.00. The minimum absolute atomic E-state index is 0.366. The topological polar surface area (TPSA) is 65.9 Å². The zero-order valence-electron chi connectivity index (χ0n) is 20.3. The molecule has 2 aliphatic carbocycles. The SMILES string of the molecule is CC1=Cc2c(ccc(Oc3nc(NC4=NCC(C5CC5)=C4)cc(N4CCN(C)CC4)n3)c2C)C1. The van der Waals surface area contributed by atoms with Gasteiger partial charge in [-0.1, -0.05) is 17.7 Å². The van der Waals surface area contributed by atoms with Crippen LogP contribution in [0.5, 0.6) is 11.8 Å². The second-order valence-corrected chi connectivity index (χ2v) is 10.0. The quantitative estimate of drug-likeness (QED) is 0.717. The molecule has 7 heteroatoms. The maximum Gasteiger partial charge on any atom is 0.325 e. The summed E-state index contributed by atoms with van der Waals surface area (Å²) in [6.45, 7) is 8.98. The number of nitrogens with one attached hydrogen (secondary N) is 1. The molecule has 34 heavy (non-hydrogen) atoms. The molecule has 0 atom stereocenters. The molecule has 1 saturated heterocycles. The Morgan fingerprint density at radius 2 is 1.85 bits per heavy atom. The molecule has 0 unspecified atom stereocenters. The summed E-state index contributed by atoms with van der Waals surface area (Å²) in [5.74, 6) is 4.03. The lowest BCUT2D eigenvalue weighted by molar-refractivity contribution is 0.311. The number of allylic oxidation sites excluding steroid dienone is 1. The van der Waals surface area contributed by atoms with E-state index < -0.39 is 0 Å². The minimum atomic E-state index is 0.366. The number of ether oxygens (including phenoxy) is 1. The number of nitrogens with zero attached hydrogens (tertiary/aromatic N) is 5. The Morgan fingerprint density at radius 1 is 1.03 bits per heavy atom. The Kier molecular flexibility index (Phi) is 5.37. The highest BCUT2D eigenvalue weighted by molar-refractivity contribution is 6.05. The van der Waals surface area contributed by atoms with E-state index in [1.165, 1.54) is 35.1 Å². The van der Waals surface area contributed by atoms with E-state index in [4.69, 9.17) is 14.7 Å². The highest BCUT2D eigenvalue weighted by atomic mass is 16.5. The van der Waals surface area contributed by atoms with Gasteiger partial charge in [-0.15, -0.1) is 0 Å². The van der Waals surface area contributed by atoms with Crippen molar-refractivity contribution in [3.05, 3.63) is 52.1 Å². The van der Waals surface area contributed by atoms with Gasteiger partial charge in [0.15, 0.2) is 0 Å². The summed E-state index contributed by atoms with van der Waals surface area (Å²) in [6, 6.07) is 6.59. The van der Waals surface area contributed by atoms with Gasteiger partial charge < -0.3 is 19.9 Å². The minimum Gasteiger partial charge on any atom is -0.424 e. The third kappa shape index (κ3) is 4.32. The molecular formula is C27H32N6O. The molecule has 2 fully saturated rings. The average Bonchev–Trinajstić information content (AvgIpc) is 3.45. The van der Waals surface area contributed by atoms with Crippen LogP contribution in [0.3, 0.4) is 0 Å². The number of hydrogen-bond donors (Lipinski definition) is 1. The van der Waals surface area contributed by atoms with Crippen molar-refractivity contribution >= 4 is 23.5 Å². The molecule has 3 heterocycles. The van der Waals surface area contributed by atoms with Crippen LogP contribution in [0.2, 0.25) is 0 Å². The van der Waals surface area contributed by atoms with Gasteiger partial charge in [-0.3, -0.25) is 4.99 Å². The molecule has 2 aromatic rings. The molecule has 0 bridgehead atoms. The summed E-state index contributed by atoms with van der Waals surface area (Å²) in [5, 5.41) is 3.43. The molecular weight excluding hydrogens is 424 g/mol. The molecule has 0 spiro atoms. The number of rotatable bonds is 5. The van der Waals surface area contributed by atoms with Crippen LogP contribution in [0.15, 0.2) is 40.4 Å². The summed E-state index contributed by atoms with van der Waals surface area (Å²) in [5.41, 5.74) is 6.57. The molecule has 2 aliphatic heterocycles. The van der Waals surface area contributed by atoms with Crippen LogP contribution >= 0.6 is 0 Å². The number of fused-ring (bicyclic) bond motifs is 1. The van der Waals surface area contributed by atoms with E-state index >= 15 is 0 Å². The van der Waals surface area contributed by atoms with Crippen LogP contribution in [-0.2, 0) is 6.42 Å². The third-order valence-electron chi connectivity index (χ3n) is 7.25. The number of piperazine rings is 1. The van der Waals surface area contributed by atoms with Gasteiger partial charge in [0.2, 0.25) is 0 Å². The second kappa shape index (κ2) is 8.55. The zero-order valence-corrected chi connectivity index (χ0v) is 20.3. The molecule has 176 valence electrons. The maximum atomic E-state index is 6.31. The monoisotopic (exact) mass is 456 g/mol. The Labute approximate surface area is 201 Å². The first-order valence-corrected chi connectivity index (χ1v) is 12.3. The lowest BCUT2D eigenvalue weighted by Gasteiger charge is -2.33. The largest absolute Gasteiger partial charge is 0.424 e. The lowest BCUT2D eigenvalue weighted by atomic mass is 10.0. The highest BCUT2D eigenvalue weighted by Crippen LogP contribution is 2.38. The summed E-state index contributed by atoms with van der Waals surface area (Å²) >= 11 is 0. The van der Waals surface area contributed by atoms with Gasteiger partial charge in [0.1, 0.15) is 23.2 Å². The number of aromatic nitrogens is 2. The van der Waals surface area contributed by atoms with Gasteiger partial charge >= 0.3 is 6.01 Å². The Balaban J connectivity index is 1.30. The van der Waals surface area contributed by atoms with Crippen molar-refractivity contribution in [3.8, 4) is 11.8 Å². The third-order valence-corrected chi connectivity index (χ3v) is 7.25. The fourth-order valence-electron chi connectivity index (χ4n) is 5.00. The molecule has 1 aromatic heterocycles. The maximum absolute atomic E-state index is 6.31. The lowest BCUT2D eigenvalue weighted by Crippen LogP contribution is -2.44. The van der Waals surface area contributed by atoms with E-state index in [1.807, 2.05) is 12.1 Å². The van der Waals surface area contributed by atoms with Gasteiger partial charge in [0.25, 0.3) is 0 Å². The van der Waals surface area contributed by atoms with Crippen molar-refractivity contribution < 1.29 is 4.74 Å². The van der Waals surface area contributed by atoms with Crippen molar-refractivity contribution in [2.45, 2.75) is 33.1 Å². The molecule has 0 amide bonds. The zero-order chi connectivity index (χ0) is 23.2. The summed E-state index contributed by atoms with van der Waals surface area (Å²) in [4.78, 5) is 18.9. The first-order chi connectivity index (χ1) is 16.5. The smallest absolute Gasteiger partial charge is 0.325 e.